The van der Waals surface area contributed by atoms with E-state index < -0.39 is 0 Å². The van der Waals surface area contributed by atoms with Crippen molar-refractivity contribution >= 4 is 11.4 Å². The van der Waals surface area contributed by atoms with Crippen LogP contribution in [0.25, 0.3) is 33.4 Å². The summed E-state index contributed by atoms with van der Waals surface area (Å²) in [6, 6.07) is 62.4. The summed E-state index contributed by atoms with van der Waals surface area (Å²) < 4.78 is 0. The van der Waals surface area contributed by atoms with Crippen molar-refractivity contribution in [3.63, 3.8) is 0 Å². The Morgan fingerprint density at radius 2 is 0.809 bits per heavy atom. The molecule has 0 saturated heterocycles. The number of hydrogen-bond donors (Lipinski definition) is 1. The van der Waals surface area contributed by atoms with E-state index >= 15 is 0 Å². The lowest BCUT2D eigenvalue weighted by molar-refractivity contribution is 0.660. The maximum absolute atomic E-state index is 3.66. The second kappa shape index (κ2) is 10.4. The molecule has 0 heterocycles. The highest BCUT2D eigenvalue weighted by Crippen LogP contribution is 2.56. The largest absolute Gasteiger partial charge is 0.356 e. The molecular formula is C46H35N. The van der Waals surface area contributed by atoms with E-state index in [9.17, 15) is 0 Å². The molecule has 9 rings (SSSR count). The molecule has 224 valence electrons. The lowest BCUT2D eigenvalue weighted by Crippen LogP contribution is -2.28. The number of nitrogens with one attached hydrogen (secondary N) is 1. The summed E-state index contributed by atoms with van der Waals surface area (Å²) in [5.74, 6) is 0. The van der Waals surface area contributed by atoms with Crippen LogP contribution in [0.2, 0.25) is 0 Å². The molecular weight excluding hydrogens is 567 g/mol. The minimum atomic E-state index is -0.369. The van der Waals surface area contributed by atoms with E-state index in [1.807, 2.05) is 0 Å². The van der Waals surface area contributed by atoms with E-state index in [1.165, 1.54) is 66.8 Å². The average Bonchev–Trinajstić information content (AvgIpc) is 3.55. The summed E-state index contributed by atoms with van der Waals surface area (Å²) in [5, 5.41) is 3.66. The molecule has 2 aliphatic rings. The first kappa shape index (κ1) is 27.6. The van der Waals surface area contributed by atoms with Gasteiger partial charge in [-0.3, -0.25) is 0 Å². The van der Waals surface area contributed by atoms with E-state index in [0.717, 1.165) is 11.4 Å². The van der Waals surface area contributed by atoms with Gasteiger partial charge in [0.2, 0.25) is 0 Å². The second-order valence-corrected chi connectivity index (χ2v) is 13.4. The molecule has 0 bridgehead atoms. The van der Waals surface area contributed by atoms with Crippen LogP contribution in [-0.4, -0.2) is 0 Å². The zero-order valence-electron chi connectivity index (χ0n) is 26.7. The molecule has 47 heavy (non-hydrogen) atoms. The number of rotatable bonds is 5. The molecule has 0 radical (unpaired) electrons. The van der Waals surface area contributed by atoms with Crippen LogP contribution in [0.5, 0.6) is 0 Å². The van der Waals surface area contributed by atoms with E-state index in [2.05, 4.69) is 189 Å². The number of hydrogen-bond acceptors (Lipinski definition) is 1. The monoisotopic (exact) mass is 601 g/mol. The van der Waals surface area contributed by atoms with Crippen molar-refractivity contribution in [2.45, 2.75) is 24.7 Å². The van der Waals surface area contributed by atoms with Gasteiger partial charge in [-0.1, -0.05) is 159 Å². The van der Waals surface area contributed by atoms with Crippen LogP contribution in [0.3, 0.4) is 0 Å². The van der Waals surface area contributed by atoms with Gasteiger partial charge in [-0.2, -0.15) is 0 Å². The van der Waals surface area contributed by atoms with Gasteiger partial charge < -0.3 is 5.32 Å². The third-order valence-electron chi connectivity index (χ3n) is 10.6. The summed E-state index contributed by atoms with van der Waals surface area (Å²) in [6.45, 7) is 4.65. The molecule has 7 aromatic rings. The van der Waals surface area contributed by atoms with E-state index in [4.69, 9.17) is 0 Å². The Hall–Kier alpha value is -5.66. The molecule has 0 saturated carbocycles. The highest BCUT2D eigenvalue weighted by atomic mass is 14.9. The van der Waals surface area contributed by atoms with Gasteiger partial charge in [0.1, 0.15) is 0 Å². The van der Waals surface area contributed by atoms with Gasteiger partial charge in [-0.25, -0.2) is 0 Å². The molecule has 2 aliphatic carbocycles. The van der Waals surface area contributed by atoms with Gasteiger partial charge in [0.15, 0.2) is 0 Å². The van der Waals surface area contributed by atoms with Gasteiger partial charge in [-0.15, -0.1) is 0 Å². The Balaban J connectivity index is 1.04. The predicted molar refractivity (Wildman–Crippen MR) is 196 cm³/mol. The third-order valence-corrected chi connectivity index (χ3v) is 10.6. The minimum absolute atomic E-state index is 0.0125. The van der Waals surface area contributed by atoms with Gasteiger partial charge in [0.05, 0.1) is 5.41 Å². The molecule has 0 amide bonds. The maximum atomic E-state index is 3.66. The first-order valence-corrected chi connectivity index (χ1v) is 16.5. The van der Waals surface area contributed by atoms with Crippen molar-refractivity contribution in [2.75, 3.05) is 5.32 Å². The van der Waals surface area contributed by atoms with Crippen molar-refractivity contribution in [1.82, 2.24) is 0 Å². The molecule has 7 aromatic carbocycles. The molecule has 1 nitrogen and oxygen atoms in total. The number of benzene rings is 7. The topological polar surface area (TPSA) is 12.0 Å². The van der Waals surface area contributed by atoms with Crippen LogP contribution in [-0.2, 0) is 10.8 Å². The van der Waals surface area contributed by atoms with Crippen molar-refractivity contribution in [3.05, 3.63) is 203 Å². The normalized spacial score (nSPS) is 14.5. The van der Waals surface area contributed by atoms with Crippen LogP contribution in [0.4, 0.5) is 11.4 Å². The van der Waals surface area contributed by atoms with E-state index in [-0.39, 0.29) is 10.8 Å². The first-order valence-electron chi connectivity index (χ1n) is 16.5. The van der Waals surface area contributed by atoms with Crippen LogP contribution in [0, 0.1) is 0 Å². The van der Waals surface area contributed by atoms with Crippen LogP contribution < -0.4 is 5.32 Å². The van der Waals surface area contributed by atoms with Gasteiger partial charge in [-0.05, 0) is 91.0 Å². The molecule has 0 aromatic heterocycles. The zero-order valence-corrected chi connectivity index (χ0v) is 26.7. The quantitative estimate of drug-likeness (QED) is 0.207. The highest BCUT2D eigenvalue weighted by molar-refractivity contribution is 5.87. The summed E-state index contributed by atoms with van der Waals surface area (Å²) in [7, 11) is 0. The lowest BCUT2D eigenvalue weighted by atomic mass is 9.67. The molecule has 0 aliphatic heterocycles. The molecule has 0 fully saturated rings. The minimum Gasteiger partial charge on any atom is -0.356 e. The zero-order chi connectivity index (χ0) is 31.6. The molecule has 0 spiro atoms. The van der Waals surface area contributed by atoms with Crippen molar-refractivity contribution < 1.29 is 0 Å². The van der Waals surface area contributed by atoms with Gasteiger partial charge in [0.25, 0.3) is 0 Å². The Labute approximate surface area is 277 Å². The van der Waals surface area contributed by atoms with Crippen LogP contribution in [0.15, 0.2) is 170 Å². The highest BCUT2D eigenvalue weighted by Gasteiger charge is 2.45. The summed E-state index contributed by atoms with van der Waals surface area (Å²) in [5.41, 5.74) is 17.6. The molecule has 0 atom stereocenters. The fourth-order valence-corrected chi connectivity index (χ4v) is 8.32. The Morgan fingerprint density at radius 1 is 0.362 bits per heavy atom. The Bertz CT molecular complexity index is 2230. The van der Waals surface area contributed by atoms with E-state index in [0.29, 0.717) is 0 Å². The van der Waals surface area contributed by atoms with Gasteiger partial charge in [0, 0.05) is 16.8 Å². The SMILES string of the molecule is CC1(C)c2ccccc2-c2ccc(Nc3ccc(-c4ccc(C5(c6ccccc6)c6ccccc6-c6ccccc65)cc4)cc3)cc21. The van der Waals surface area contributed by atoms with Crippen molar-refractivity contribution in [2.24, 2.45) is 0 Å². The van der Waals surface area contributed by atoms with Crippen LogP contribution in [0.1, 0.15) is 47.2 Å². The maximum Gasteiger partial charge on any atom is 0.0713 e. The first-order chi connectivity index (χ1) is 23.0. The summed E-state index contributed by atoms with van der Waals surface area (Å²) in [4.78, 5) is 0. The Kier molecular flexibility index (Phi) is 6.14. The fraction of sp³-hybridized carbons (Fsp3) is 0.0870. The number of anilines is 2. The molecule has 1 N–H and O–H groups in total. The number of fused-ring (bicyclic) bond motifs is 6. The smallest absolute Gasteiger partial charge is 0.0713 e. The standard InChI is InChI=1S/C46H35N/c1-45(2)41-17-9-6-14-37(41)40-29-28-36(30-44(40)45)47-35-26-22-32(23-27-35)31-20-24-34(25-21-31)46(33-12-4-3-5-13-33)42-18-10-7-15-38(42)39-16-8-11-19-43(39)46/h3-30,47H,1-2H3. The van der Waals surface area contributed by atoms with Crippen molar-refractivity contribution in [1.29, 1.82) is 0 Å². The van der Waals surface area contributed by atoms with Crippen molar-refractivity contribution in [3.8, 4) is 33.4 Å². The second-order valence-electron chi connectivity index (χ2n) is 13.4. The van der Waals surface area contributed by atoms with E-state index in [1.54, 1.807) is 0 Å². The Morgan fingerprint density at radius 3 is 1.43 bits per heavy atom. The third kappa shape index (κ3) is 4.09. The fourth-order valence-electron chi connectivity index (χ4n) is 8.32. The lowest BCUT2D eigenvalue weighted by Gasteiger charge is -2.34. The average molecular weight is 602 g/mol. The molecule has 0 unspecified atom stereocenters. The van der Waals surface area contributed by atoms with Crippen LogP contribution >= 0.6 is 0 Å². The predicted octanol–water partition coefficient (Wildman–Crippen LogP) is 11.8. The van der Waals surface area contributed by atoms with Gasteiger partial charge >= 0.3 is 0 Å². The summed E-state index contributed by atoms with van der Waals surface area (Å²) >= 11 is 0. The molecule has 1 heteroatoms. The summed E-state index contributed by atoms with van der Waals surface area (Å²) in [6.07, 6.45) is 0.